The van der Waals surface area contributed by atoms with Crippen LogP contribution in [0, 0.1) is 5.92 Å². The number of likely N-dealkylation sites (tertiary alicyclic amines) is 1. The van der Waals surface area contributed by atoms with Crippen LogP contribution in [0.5, 0.6) is 0 Å². The lowest BCUT2D eigenvalue weighted by Crippen LogP contribution is -2.37. The molecule has 4 rings (SSSR count). The summed E-state index contributed by atoms with van der Waals surface area (Å²) < 4.78 is 6.42. The Morgan fingerprint density at radius 1 is 1.17 bits per heavy atom. The monoisotopic (exact) mass is 474 g/mol. The van der Waals surface area contributed by atoms with Gasteiger partial charge in [0.05, 0.1) is 17.3 Å². The van der Waals surface area contributed by atoms with E-state index in [1.54, 1.807) is 6.07 Å². The predicted molar refractivity (Wildman–Crippen MR) is 116 cm³/mol. The second-order valence-electron chi connectivity index (χ2n) is 7.04. The van der Waals surface area contributed by atoms with Gasteiger partial charge in [0.25, 0.3) is 0 Å². The molecule has 0 radical (unpaired) electrons. The average molecular weight is 476 g/mol. The largest absolute Gasteiger partial charge is 0.338 e. The van der Waals surface area contributed by atoms with Crippen LogP contribution in [0.15, 0.2) is 57.5 Å². The smallest absolute Gasteiger partial charge is 0.241 e. The molecule has 150 valence electrons. The maximum absolute atomic E-state index is 12.5. The zero-order chi connectivity index (χ0) is 20.2. The van der Waals surface area contributed by atoms with Crippen LogP contribution < -0.4 is 5.32 Å². The van der Waals surface area contributed by atoms with E-state index >= 15 is 0 Å². The first kappa shape index (κ1) is 20.1. The highest BCUT2D eigenvalue weighted by Gasteiger charge is 2.26. The summed E-state index contributed by atoms with van der Waals surface area (Å²) in [5, 5.41) is 7.56. The second kappa shape index (κ2) is 9.07. The Morgan fingerprint density at radius 3 is 2.62 bits per heavy atom. The minimum atomic E-state index is -0.0245. The lowest BCUT2D eigenvalue weighted by molar-refractivity contribution is -0.121. The molecule has 1 saturated heterocycles. The summed E-state index contributed by atoms with van der Waals surface area (Å²) in [6.07, 6.45) is 1.56. The lowest BCUT2D eigenvalue weighted by atomic mass is 9.96. The van der Waals surface area contributed by atoms with Gasteiger partial charge in [-0.25, -0.2) is 0 Å². The van der Waals surface area contributed by atoms with Gasteiger partial charge in [-0.3, -0.25) is 9.69 Å². The molecule has 0 unspecified atom stereocenters. The first-order valence-corrected chi connectivity index (χ1v) is 10.6. The molecule has 0 spiro atoms. The fourth-order valence-electron chi connectivity index (χ4n) is 3.38. The molecule has 0 bridgehead atoms. The number of amides is 1. The third-order valence-corrected chi connectivity index (χ3v) is 5.88. The van der Waals surface area contributed by atoms with Crippen LogP contribution in [-0.2, 0) is 11.3 Å². The number of carbonyl (C=O) groups is 1. The normalized spacial score (nSPS) is 15.4. The summed E-state index contributed by atoms with van der Waals surface area (Å²) in [5.41, 5.74) is 1.58. The molecule has 3 aromatic rings. The number of nitrogens with one attached hydrogen (secondary N) is 1. The number of hydrogen-bond donors (Lipinski definition) is 1. The zero-order valence-electron chi connectivity index (χ0n) is 15.6. The van der Waals surface area contributed by atoms with Crippen molar-refractivity contribution < 1.29 is 9.32 Å². The molecular formula is C21H20BrClN4O2. The van der Waals surface area contributed by atoms with Crippen molar-refractivity contribution in [3.8, 4) is 11.4 Å². The molecule has 1 aliphatic rings. The summed E-state index contributed by atoms with van der Waals surface area (Å²) in [4.78, 5) is 19.3. The Morgan fingerprint density at radius 2 is 1.90 bits per heavy atom. The third-order valence-electron chi connectivity index (χ3n) is 5.02. The van der Waals surface area contributed by atoms with Crippen molar-refractivity contribution in [1.29, 1.82) is 0 Å². The number of aromatic nitrogens is 2. The molecule has 1 N–H and O–H groups in total. The number of carbonyl (C=O) groups excluding carboxylic acids is 1. The molecule has 1 aliphatic heterocycles. The van der Waals surface area contributed by atoms with E-state index in [0.717, 1.165) is 36.0 Å². The van der Waals surface area contributed by atoms with Gasteiger partial charge < -0.3 is 9.84 Å². The van der Waals surface area contributed by atoms with Crippen molar-refractivity contribution >= 4 is 39.1 Å². The minimum Gasteiger partial charge on any atom is -0.338 e. The van der Waals surface area contributed by atoms with Crippen LogP contribution >= 0.6 is 27.5 Å². The quantitative estimate of drug-likeness (QED) is 0.562. The van der Waals surface area contributed by atoms with E-state index in [1.165, 1.54) is 0 Å². The topological polar surface area (TPSA) is 71.3 Å². The summed E-state index contributed by atoms with van der Waals surface area (Å²) in [7, 11) is 0. The Balaban J connectivity index is 1.29. The number of piperidine rings is 1. The van der Waals surface area contributed by atoms with Crippen molar-refractivity contribution in [3.63, 3.8) is 0 Å². The molecule has 1 amide bonds. The number of nitrogens with zero attached hydrogens (tertiary/aromatic N) is 3. The SMILES string of the molecule is O=C(Nc1ccccc1Cl)C1CCN(Cc2nc(-c3ccc(Br)cc3)no2)CC1. The minimum absolute atomic E-state index is 0.0214. The van der Waals surface area contributed by atoms with Crippen molar-refractivity contribution in [2.75, 3.05) is 18.4 Å². The molecule has 8 heteroatoms. The molecule has 2 heterocycles. The van der Waals surface area contributed by atoms with Gasteiger partial charge in [-0.05, 0) is 62.3 Å². The van der Waals surface area contributed by atoms with E-state index in [-0.39, 0.29) is 11.8 Å². The van der Waals surface area contributed by atoms with Gasteiger partial charge in [0, 0.05) is 16.0 Å². The van der Waals surface area contributed by atoms with Crippen LogP contribution in [0.4, 0.5) is 5.69 Å². The fourth-order valence-corrected chi connectivity index (χ4v) is 3.82. The van der Waals surface area contributed by atoms with Gasteiger partial charge in [0.1, 0.15) is 0 Å². The summed E-state index contributed by atoms with van der Waals surface area (Å²) >= 11 is 9.55. The molecule has 29 heavy (non-hydrogen) atoms. The number of hydrogen-bond acceptors (Lipinski definition) is 5. The first-order valence-electron chi connectivity index (χ1n) is 9.45. The van der Waals surface area contributed by atoms with Gasteiger partial charge in [0.15, 0.2) is 0 Å². The Kier molecular flexibility index (Phi) is 6.28. The molecule has 6 nitrogen and oxygen atoms in total. The maximum atomic E-state index is 12.5. The Bertz CT molecular complexity index is 984. The first-order chi connectivity index (χ1) is 14.1. The molecule has 0 saturated carbocycles. The van der Waals surface area contributed by atoms with Crippen LogP contribution in [-0.4, -0.2) is 34.0 Å². The van der Waals surface area contributed by atoms with Crippen molar-refractivity contribution in [2.45, 2.75) is 19.4 Å². The van der Waals surface area contributed by atoms with Crippen LogP contribution in [0.3, 0.4) is 0 Å². The number of benzene rings is 2. The number of rotatable bonds is 5. The van der Waals surface area contributed by atoms with Gasteiger partial charge in [-0.15, -0.1) is 0 Å². The van der Waals surface area contributed by atoms with Crippen molar-refractivity contribution in [3.05, 3.63) is 63.9 Å². The van der Waals surface area contributed by atoms with Crippen LogP contribution in [0.25, 0.3) is 11.4 Å². The van der Waals surface area contributed by atoms with E-state index in [9.17, 15) is 4.79 Å². The van der Waals surface area contributed by atoms with Gasteiger partial charge in [-0.1, -0.05) is 44.8 Å². The second-order valence-corrected chi connectivity index (χ2v) is 8.36. The predicted octanol–water partition coefficient (Wildman–Crippen LogP) is 5.00. The number of para-hydroxylation sites is 1. The Hall–Kier alpha value is -2.22. The average Bonchev–Trinajstić information content (AvgIpc) is 3.19. The van der Waals surface area contributed by atoms with Crippen LogP contribution in [0.1, 0.15) is 18.7 Å². The maximum Gasteiger partial charge on any atom is 0.241 e. The highest BCUT2D eigenvalue weighted by atomic mass is 79.9. The van der Waals surface area contributed by atoms with E-state index < -0.39 is 0 Å². The van der Waals surface area contributed by atoms with E-state index in [0.29, 0.717) is 29.0 Å². The molecule has 0 atom stereocenters. The molecule has 2 aromatic carbocycles. The van der Waals surface area contributed by atoms with E-state index in [2.05, 4.69) is 36.3 Å². The highest BCUT2D eigenvalue weighted by molar-refractivity contribution is 9.10. The molecule has 1 aromatic heterocycles. The summed E-state index contributed by atoms with van der Waals surface area (Å²) in [6.45, 7) is 2.19. The van der Waals surface area contributed by atoms with Crippen LogP contribution in [0.2, 0.25) is 5.02 Å². The third kappa shape index (κ3) is 5.04. The fraction of sp³-hybridized carbons (Fsp3) is 0.286. The molecular weight excluding hydrogens is 456 g/mol. The number of anilines is 1. The van der Waals surface area contributed by atoms with Gasteiger partial charge in [0.2, 0.25) is 17.6 Å². The summed E-state index contributed by atoms with van der Waals surface area (Å²) in [5.74, 6) is 1.17. The van der Waals surface area contributed by atoms with Crippen molar-refractivity contribution in [1.82, 2.24) is 15.0 Å². The Labute approximate surface area is 182 Å². The molecule has 0 aliphatic carbocycles. The van der Waals surface area contributed by atoms with E-state index in [4.69, 9.17) is 16.1 Å². The van der Waals surface area contributed by atoms with Gasteiger partial charge in [-0.2, -0.15) is 4.98 Å². The zero-order valence-corrected chi connectivity index (χ0v) is 18.0. The molecule has 1 fully saturated rings. The van der Waals surface area contributed by atoms with Gasteiger partial charge >= 0.3 is 0 Å². The van der Waals surface area contributed by atoms with E-state index in [1.807, 2.05) is 42.5 Å². The summed E-state index contributed by atoms with van der Waals surface area (Å²) in [6, 6.07) is 15.1. The highest BCUT2D eigenvalue weighted by Crippen LogP contribution is 2.25. The standard InChI is InChI=1S/C21H20BrClN4O2/c22-16-7-5-14(6-8-16)20-25-19(29-26-20)13-27-11-9-15(10-12-27)21(28)24-18-4-2-1-3-17(18)23/h1-8,15H,9-13H2,(H,24,28). The van der Waals surface area contributed by atoms with Crippen molar-refractivity contribution in [2.24, 2.45) is 5.92 Å². The number of halogens is 2. The lowest BCUT2D eigenvalue weighted by Gasteiger charge is -2.30.